The maximum atomic E-state index is 12.8. The van der Waals surface area contributed by atoms with Gasteiger partial charge in [0.05, 0.1) is 23.4 Å². The van der Waals surface area contributed by atoms with Crippen molar-refractivity contribution in [2.24, 2.45) is 5.73 Å². The third kappa shape index (κ3) is 3.01. The van der Waals surface area contributed by atoms with Crippen molar-refractivity contribution >= 4 is 39.3 Å². The van der Waals surface area contributed by atoms with Crippen LogP contribution in [0.1, 0.15) is 20.8 Å². The lowest BCUT2D eigenvalue weighted by molar-refractivity contribution is 0.0904. The largest absolute Gasteiger partial charge is 0.345 e. The van der Waals surface area contributed by atoms with Gasteiger partial charge in [0.2, 0.25) is 0 Å². The number of nitrogens with two attached hydrogens (primary N) is 1. The minimum Gasteiger partial charge on any atom is -0.345 e. The van der Waals surface area contributed by atoms with Gasteiger partial charge in [0.1, 0.15) is 5.69 Å². The molecule has 7 nitrogen and oxygen atoms in total. The average Bonchev–Trinajstić information content (AvgIpc) is 3.12. The van der Waals surface area contributed by atoms with E-state index in [1.165, 1.54) is 0 Å². The van der Waals surface area contributed by atoms with E-state index >= 15 is 0 Å². The number of anilines is 1. The van der Waals surface area contributed by atoms with Crippen molar-refractivity contribution < 1.29 is 9.59 Å². The Hall–Kier alpha value is -3.71. The van der Waals surface area contributed by atoms with Crippen molar-refractivity contribution in [3.8, 4) is 0 Å². The Morgan fingerprint density at radius 3 is 2.90 bits per heavy atom. The summed E-state index contributed by atoms with van der Waals surface area (Å²) in [5.74, 6) is -0.369. The quantitative estimate of drug-likeness (QED) is 0.504. The van der Waals surface area contributed by atoms with Crippen molar-refractivity contribution in [1.82, 2.24) is 14.9 Å². The van der Waals surface area contributed by atoms with E-state index in [2.05, 4.69) is 15.6 Å². The number of fused-ring (bicyclic) bond motifs is 4. The number of aromatic nitrogens is 2. The van der Waals surface area contributed by atoms with Crippen LogP contribution >= 0.6 is 0 Å². The number of pyridine rings is 1. The number of rotatable bonds is 3. The van der Waals surface area contributed by atoms with E-state index < -0.39 is 0 Å². The van der Waals surface area contributed by atoms with E-state index in [9.17, 15) is 9.59 Å². The molecule has 1 aliphatic rings. The molecule has 2 aromatic carbocycles. The topological polar surface area (TPSA) is 102 Å². The van der Waals surface area contributed by atoms with Crippen LogP contribution in [0.4, 0.5) is 5.69 Å². The SMILES string of the molecule is NC[C@H]1Cn2c(cc3ccc(C(=O)Nc4cnc5ccccc5c4)cc32)C(=O)N1. The van der Waals surface area contributed by atoms with E-state index in [0.717, 1.165) is 21.8 Å². The van der Waals surface area contributed by atoms with Crippen LogP contribution in [0.5, 0.6) is 0 Å². The molecule has 0 radical (unpaired) electrons. The number of carbonyl (C=O) groups is 2. The van der Waals surface area contributed by atoms with E-state index in [-0.39, 0.29) is 17.9 Å². The van der Waals surface area contributed by atoms with Crippen LogP contribution < -0.4 is 16.4 Å². The van der Waals surface area contributed by atoms with Crippen LogP contribution in [0.3, 0.4) is 0 Å². The molecule has 29 heavy (non-hydrogen) atoms. The van der Waals surface area contributed by atoms with Crippen LogP contribution in [0.15, 0.2) is 60.8 Å². The van der Waals surface area contributed by atoms with Crippen LogP contribution in [-0.2, 0) is 6.54 Å². The van der Waals surface area contributed by atoms with Crippen molar-refractivity contribution in [2.75, 3.05) is 11.9 Å². The third-order valence-electron chi connectivity index (χ3n) is 5.27. The van der Waals surface area contributed by atoms with Gasteiger partial charge >= 0.3 is 0 Å². The molecule has 1 aliphatic heterocycles. The summed E-state index contributed by atoms with van der Waals surface area (Å²) in [6.07, 6.45) is 1.65. The molecule has 3 heterocycles. The lowest BCUT2D eigenvalue weighted by Crippen LogP contribution is -2.47. The zero-order valence-electron chi connectivity index (χ0n) is 15.6. The molecular weight excluding hydrogens is 366 g/mol. The summed E-state index contributed by atoms with van der Waals surface area (Å²) < 4.78 is 1.93. The number of nitrogens with zero attached hydrogens (tertiary/aromatic N) is 2. The predicted octanol–water partition coefficient (Wildman–Crippen LogP) is 2.51. The van der Waals surface area contributed by atoms with E-state index in [1.807, 2.05) is 53.1 Å². The van der Waals surface area contributed by atoms with Gasteiger partial charge in [0, 0.05) is 34.9 Å². The van der Waals surface area contributed by atoms with Crippen molar-refractivity contribution in [3.63, 3.8) is 0 Å². The van der Waals surface area contributed by atoms with Gasteiger partial charge in [-0.15, -0.1) is 0 Å². The van der Waals surface area contributed by atoms with Gasteiger partial charge in [-0.05, 0) is 30.3 Å². The Morgan fingerprint density at radius 1 is 1.17 bits per heavy atom. The molecule has 4 N–H and O–H groups in total. The highest BCUT2D eigenvalue weighted by Gasteiger charge is 2.25. The number of hydrogen-bond acceptors (Lipinski definition) is 4. The van der Waals surface area contributed by atoms with Crippen molar-refractivity contribution in [2.45, 2.75) is 12.6 Å². The fourth-order valence-corrected chi connectivity index (χ4v) is 3.78. The van der Waals surface area contributed by atoms with Crippen LogP contribution in [0, 0.1) is 0 Å². The minimum absolute atomic E-state index is 0.119. The third-order valence-corrected chi connectivity index (χ3v) is 5.27. The van der Waals surface area contributed by atoms with Gasteiger partial charge in [-0.2, -0.15) is 0 Å². The average molecular weight is 385 g/mol. The van der Waals surface area contributed by atoms with Gasteiger partial charge < -0.3 is 20.9 Å². The second-order valence-electron chi connectivity index (χ2n) is 7.19. The zero-order valence-corrected chi connectivity index (χ0v) is 15.6. The number of carbonyl (C=O) groups excluding carboxylic acids is 2. The summed E-state index contributed by atoms with van der Waals surface area (Å²) in [4.78, 5) is 29.5. The molecule has 0 bridgehead atoms. The second kappa shape index (κ2) is 6.72. The van der Waals surface area contributed by atoms with E-state index in [4.69, 9.17) is 5.73 Å². The van der Waals surface area contributed by atoms with Crippen LogP contribution in [0.2, 0.25) is 0 Å². The molecule has 0 unspecified atom stereocenters. The summed E-state index contributed by atoms with van der Waals surface area (Å²) in [6.45, 7) is 0.945. The lowest BCUT2D eigenvalue weighted by atomic mass is 10.1. The molecule has 7 heteroatoms. The Morgan fingerprint density at radius 2 is 2.03 bits per heavy atom. The van der Waals surface area contributed by atoms with Gasteiger partial charge in [-0.1, -0.05) is 24.3 Å². The van der Waals surface area contributed by atoms with E-state index in [0.29, 0.717) is 30.0 Å². The Balaban J connectivity index is 1.48. The molecular formula is C22H19N5O2. The maximum absolute atomic E-state index is 12.8. The second-order valence-corrected chi connectivity index (χ2v) is 7.19. The number of para-hydroxylation sites is 1. The molecule has 0 saturated heterocycles. The van der Waals surface area contributed by atoms with Gasteiger partial charge in [-0.25, -0.2) is 0 Å². The fourth-order valence-electron chi connectivity index (χ4n) is 3.78. The molecule has 0 spiro atoms. The summed E-state index contributed by atoms with van der Waals surface area (Å²) >= 11 is 0. The minimum atomic E-state index is -0.227. The summed E-state index contributed by atoms with van der Waals surface area (Å²) in [5, 5.41) is 7.68. The standard InChI is InChI=1S/C22H19N5O2/c23-10-17-12-27-19-9-15(6-5-14(19)8-20(27)22(29)26-17)21(28)25-16-7-13-3-1-2-4-18(13)24-11-16/h1-9,11,17H,10,12,23H2,(H,25,28)(H,26,29)/t17-/m0/s1. The lowest BCUT2D eigenvalue weighted by Gasteiger charge is -2.25. The number of amides is 2. The van der Waals surface area contributed by atoms with Gasteiger partial charge in [0.15, 0.2) is 0 Å². The molecule has 4 aromatic rings. The zero-order chi connectivity index (χ0) is 20.0. The summed E-state index contributed by atoms with van der Waals surface area (Å²) in [7, 11) is 0. The molecule has 0 fully saturated rings. The molecule has 5 rings (SSSR count). The van der Waals surface area contributed by atoms with E-state index in [1.54, 1.807) is 12.3 Å². The highest BCUT2D eigenvalue weighted by molar-refractivity contribution is 6.07. The van der Waals surface area contributed by atoms with Crippen LogP contribution in [-0.4, -0.2) is 34.0 Å². The maximum Gasteiger partial charge on any atom is 0.268 e. The van der Waals surface area contributed by atoms with Crippen molar-refractivity contribution in [1.29, 1.82) is 0 Å². The Bertz CT molecular complexity index is 1280. The first kappa shape index (κ1) is 17.4. The smallest absolute Gasteiger partial charge is 0.268 e. The van der Waals surface area contributed by atoms with Gasteiger partial charge in [-0.3, -0.25) is 14.6 Å². The van der Waals surface area contributed by atoms with Gasteiger partial charge in [0.25, 0.3) is 11.8 Å². The Labute approximate surface area is 166 Å². The predicted molar refractivity (Wildman–Crippen MR) is 112 cm³/mol. The highest BCUT2D eigenvalue weighted by Crippen LogP contribution is 2.25. The molecule has 1 atom stereocenters. The highest BCUT2D eigenvalue weighted by atomic mass is 16.2. The summed E-state index contributed by atoms with van der Waals surface area (Å²) in [6, 6.07) is 16.8. The molecule has 0 aliphatic carbocycles. The monoisotopic (exact) mass is 385 g/mol. The van der Waals surface area contributed by atoms with Crippen LogP contribution in [0.25, 0.3) is 21.8 Å². The number of hydrogen-bond donors (Lipinski definition) is 3. The molecule has 0 saturated carbocycles. The fraction of sp³-hybridized carbons (Fsp3) is 0.136. The molecule has 2 amide bonds. The first-order valence-corrected chi connectivity index (χ1v) is 9.43. The molecule has 2 aromatic heterocycles. The number of nitrogens with one attached hydrogen (secondary N) is 2. The van der Waals surface area contributed by atoms with Crippen molar-refractivity contribution in [3.05, 3.63) is 72.1 Å². The molecule has 144 valence electrons. The first-order chi connectivity index (χ1) is 14.1. The normalized spacial score (nSPS) is 15.9. The number of benzene rings is 2. The first-order valence-electron chi connectivity index (χ1n) is 9.43. The Kier molecular flexibility index (Phi) is 4.03. The summed E-state index contributed by atoms with van der Waals surface area (Å²) in [5.41, 5.74) is 9.19.